The Labute approximate surface area is 145 Å². The number of aryl methyl sites for hydroxylation is 1. The molecule has 0 radical (unpaired) electrons. The Hall–Kier alpha value is -3.35. The third-order valence-electron chi connectivity index (χ3n) is 3.39. The maximum atomic E-state index is 12.0. The predicted octanol–water partition coefficient (Wildman–Crippen LogP) is 3.81. The highest BCUT2D eigenvalue weighted by Crippen LogP contribution is 2.20. The topological polar surface area (TPSA) is 92.1 Å². The number of carbonyl (C=O) groups excluding carboxylic acids is 1. The Bertz CT molecular complexity index is 844. The average Bonchev–Trinajstić information content (AvgIpc) is 3.11. The Kier molecular flexibility index (Phi) is 4.94. The van der Waals surface area contributed by atoms with Crippen LogP contribution in [0.4, 0.5) is 23.0 Å². The smallest absolute Gasteiger partial charge is 0.258 e. The van der Waals surface area contributed by atoms with Gasteiger partial charge >= 0.3 is 0 Å². The van der Waals surface area contributed by atoms with E-state index in [1.54, 1.807) is 6.07 Å². The van der Waals surface area contributed by atoms with Crippen molar-refractivity contribution >= 4 is 28.9 Å². The maximum absolute atomic E-state index is 12.0. The summed E-state index contributed by atoms with van der Waals surface area (Å²) in [5.74, 6) is 1.96. The molecule has 0 unspecified atom stereocenters. The molecule has 0 aliphatic rings. The molecule has 0 spiro atoms. The Morgan fingerprint density at radius 3 is 2.48 bits per heavy atom. The lowest BCUT2D eigenvalue weighted by atomic mass is 10.2. The second kappa shape index (κ2) is 7.48. The van der Waals surface area contributed by atoms with Crippen LogP contribution in [0.15, 0.2) is 53.3 Å². The maximum Gasteiger partial charge on any atom is 0.258 e. The fraction of sp³-hybridized carbons (Fsp3) is 0.167. The van der Waals surface area contributed by atoms with Crippen molar-refractivity contribution in [2.45, 2.75) is 13.8 Å². The van der Waals surface area contributed by atoms with E-state index in [-0.39, 0.29) is 5.91 Å². The molecule has 1 amide bonds. The molecule has 1 aromatic carbocycles. The summed E-state index contributed by atoms with van der Waals surface area (Å²) < 4.78 is 4.91. The quantitative estimate of drug-likeness (QED) is 0.633. The van der Waals surface area contributed by atoms with E-state index < -0.39 is 0 Å². The Morgan fingerprint density at radius 1 is 1.08 bits per heavy atom. The van der Waals surface area contributed by atoms with Gasteiger partial charge in [-0.15, -0.1) is 0 Å². The van der Waals surface area contributed by atoms with E-state index >= 15 is 0 Å². The number of hydrogen-bond acceptors (Lipinski definition) is 6. The number of carbonyl (C=O) groups is 1. The number of benzene rings is 1. The molecule has 2 heterocycles. The lowest BCUT2D eigenvalue weighted by molar-refractivity contribution is 0.102. The predicted molar refractivity (Wildman–Crippen MR) is 97.3 cm³/mol. The second-order valence-electron chi connectivity index (χ2n) is 5.38. The number of nitrogens with one attached hydrogen (secondary N) is 3. The van der Waals surface area contributed by atoms with E-state index in [9.17, 15) is 4.79 Å². The van der Waals surface area contributed by atoms with Crippen molar-refractivity contribution < 1.29 is 9.21 Å². The lowest BCUT2D eigenvalue weighted by Gasteiger charge is -2.10. The lowest BCUT2D eigenvalue weighted by Crippen LogP contribution is -2.10. The van der Waals surface area contributed by atoms with Crippen LogP contribution in [0.5, 0.6) is 0 Å². The summed E-state index contributed by atoms with van der Waals surface area (Å²) in [4.78, 5) is 20.7. The van der Waals surface area contributed by atoms with E-state index in [4.69, 9.17) is 4.42 Å². The van der Waals surface area contributed by atoms with Gasteiger partial charge in [0.25, 0.3) is 5.91 Å². The average molecular weight is 337 g/mol. The summed E-state index contributed by atoms with van der Waals surface area (Å²) >= 11 is 0. The minimum atomic E-state index is -0.212. The van der Waals surface area contributed by atoms with Crippen LogP contribution in [-0.4, -0.2) is 22.4 Å². The van der Waals surface area contributed by atoms with Crippen LogP contribution in [0.3, 0.4) is 0 Å². The van der Waals surface area contributed by atoms with Gasteiger partial charge in [0, 0.05) is 24.0 Å². The molecule has 0 aliphatic carbocycles. The molecule has 2 aromatic heterocycles. The summed E-state index contributed by atoms with van der Waals surface area (Å²) in [5.41, 5.74) is 2.04. The van der Waals surface area contributed by atoms with E-state index in [1.807, 2.05) is 44.2 Å². The second-order valence-corrected chi connectivity index (χ2v) is 5.38. The number of hydrogen-bond donors (Lipinski definition) is 3. The van der Waals surface area contributed by atoms with Crippen molar-refractivity contribution in [2.24, 2.45) is 0 Å². The third kappa shape index (κ3) is 4.35. The summed E-state index contributed by atoms with van der Waals surface area (Å²) in [5, 5.41) is 9.21. The molecule has 0 bridgehead atoms. The van der Waals surface area contributed by atoms with E-state index in [0.29, 0.717) is 22.9 Å². The van der Waals surface area contributed by atoms with Gasteiger partial charge in [-0.2, -0.15) is 0 Å². The standard InChI is InChI=1S/C18H19N5O2/c1-3-19-16-10-17(21-12(2)20-16)22-14-4-6-15(7-5-14)23-18(24)13-8-9-25-11-13/h4-11H,3H2,1-2H3,(H,23,24)(H2,19,20,21,22). The molecule has 0 fully saturated rings. The van der Waals surface area contributed by atoms with Crippen LogP contribution in [0, 0.1) is 6.92 Å². The summed E-state index contributed by atoms with van der Waals surface area (Å²) in [6, 6.07) is 10.8. The number of furan rings is 1. The van der Waals surface area contributed by atoms with Crippen LogP contribution in [0.25, 0.3) is 0 Å². The number of rotatable bonds is 6. The van der Waals surface area contributed by atoms with Gasteiger partial charge in [-0.1, -0.05) is 0 Å². The molecule has 0 atom stereocenters. The van der Waals surface area contributed by atoms with Crippen LogP contribution in [0.2, 0.25) is 0 Å². The highest BCUT2D eigenvalue weighted by atomic mass is 16.3. The zero-order chi connectivity index (χ0) is 17.6. The normalized spacial score (nSPS) is 10.3. The zero-order valence-electron chi connectivity index (χ0n) is 14.0. The van der Waals surface area contributed by atoms with Gasteiger partial charge in [0.15, 0.2) is 0 Å². The van der Waals surface area contributed by atoms with Gasteiger partial charge in [-0.05, 0) is 44.2 Å². The Morgan fingerprint density at radius 2 is 1.80 bits per heavy atom. The molecule has 7 nitrogen and oxygen atoms in total. The van der Waals surface area contributed by atoms with Gasteiger partial charge in [-0.3, -0.25) is 4.79 Å². The number of nitrogens with zero attached hydrogens (tertiary/aromatic N) is 2. The summed E-state index contributed by atoms with van der Waals surface area (Å²) in [6.45, 7) is 4.66. The van der Waals surface area contributed by atoms with Gasteiger partial charge in [0.1, 0.15) is 23.7 Å². The fourth-order valence-corrected chi connectivity index (χ4v) is 2.29. The van der Waals surface area contributed by atoms with E-state index in [2.05, 4.69) is 25.9 Å². The molecular weight excluding hydrogens is 318 g/mol. The molecule has 3 rings (SSSR count). The summed E-state index contributed by atoms with van der Waals surface area (Å²) in [6.07, 6.45) is 2.87. The fourth-order valence-electron chi connectivity index (χ4n) is 2.29. The molecule has 25 heavy (non-hydrogen) atoms. The molecule has 7 heteroatoms. The highest BCUT2D eigenvalue weighted by Gasteiger charge is 2.07. The number of aromatic nitrogens is 2. The van der Waals surface area contributed by atoms with Crippen molar-refractivity contribution in [1.29, 1.82) is 0 Å². The van der Waals surface area contributed by atoms with Crippen LogP contribution in [0.1, 0.15) is 23.1 Å². The molecule has 3 aromatic rings. The molecule has 0 aliphatic heterocycles. The van der Waals surface area contributed by atoms with Gasteiger partial charge in [0.2, 0.25) is 0 Å². The van der Waals surface area contributed by atoms with Crippen molar-refractivity contribution in [2.75, 3.05) is 22.5 Å². The first-order valence-electron chi connectivity index (χ1n) is 7.94. The molecule has 128 valence electrons. The van der Waals surface area contributed by atoms with E-state index in [0.717, 1.165) is 18.1 Å². The van der Waals surface area contributed by atoms with Crippen LogP contribution >= 0.6 is 0 Å². The van der Waals surface area contributed by atoms with Crippen molar-refractivity contribution in [1.82, 2.24) is 9.97 Å². The van der Waals surface area contributed by atoms with Crippen molar-refractivity contribution in [3.63, 3.8) is 0 Å². The zero-order valence-corrected chi connectivity index (χ0v) is 14.0. The van der Waals surface area contributed by atoms with Crippen LogP contribution < -0.4 is 16.0 Å². The first-order valence-corrected chi connectivity index (χ1v) is 7.94. The number of anilines is 4. The minimum Gasteiger partial charge on any atom is -0.472 e. The third-order valence-corrected chi connectivity index (χ3v) is 3.39. The number of amides is 1. The molecular formula is C18H19N5O2. The van der Waals surface area contributed by atoms with Crippen LogP contribution in [-0.2, 0) is 0 Å². The highest BCUT2D eigenvalue weighted by molar-refractivity contribution is 6.04. The molecule has 0 saturated heterocycles. The Balaban J connectivity index is 1.67. The van der Waals surface area contributed by atoms with Crippen molar-refractivity contribution in [3.8, 4) is 0 Å². The van der Waals surface area contributed by atoms with E-state index in [1.165, 1.54) is 12.5 Å². The summed E-state index contributed by atoms with van der Waals surface area (Å²) in [7, 11) is 0. The monoisotopic (exact) mass is 337 g/mol. The van der Waals surface area contributed by atoms with Gasteiger partial charge in [-0.25, -0.2) is 9.97 Å². The van der Waals surface area contributed by atoms with Gasteiger partial charge < -0.3 is 20.4 Å². The SMILES string of the molecule is CCNc1cc(Nc2ccc(NC(=O)c3ccoc3)cc2)nc(C)n1. The minimum absolute atomic E-state index is 0.212. The first kappa shape index (κ1) is 16.5. The molecule has 0 saturated carbocycles. The molecule has 3 N–H and O–H groups in total. The van der Waals surface area contributed by atoms with Gasteiger partial charge in [0.05, 0.1) is 11.8 Å². The van der Waals surface area contributed by atoms with Crippen molar-refractivity contribution in [3.05, 3.63) is 60.3 Å². The first-order chi connectivity index (χ1) is 12.1. The largest absolute Gasteiger partial charge is 0.472 e.